The van der Waals surface area contributed by atoms with Crippen molar-refractivity contribution in [3.05, 3.63) is 59.7 Å². The van der Waals surface area contributed by atoms with Crippen LogP contribution in [-0.4, -0.2) is 90.7 Å². The summed E-state index contributed by atoms with van der Waals surface area (Å²) in [5.74, 6) is 0.555. The van der Waals surface area contributed by atoms with Gasteiger partial charge in [-0.1, -0.05) is 24.3 Å². The molecule has 2 aliphatic heterocycles. The Balaban J connectivity index is 1.54. The second kappa shape index (κ2) is 13.4. The summed E-state index contributed by atoms with van der Waals surface area (Å²) in [6.07, 6.45) is 0.568. The van der Waals surface area contributed by atoms with E-state index in [1.54, 1.807) is 19.0 Å². The number of piperidine rings is 1. The molecule has 2 aliphatic rings. The maximum Gasteiger partial charge on any atom is 0.239 e. The molecule has 1 N–H and O–H groups in total. The van der Waals surface area contributed by atoms with E-state index in [-0.39, 0.29) is 62.1 Å². The normalized spacial score (nSPS) is 20.1. The molecule has 0 spiro atoms. The average molecular weight is 551 g/mol. The Kier molecular flexibility index (Phi) is 9.76. The first-order chi connectivity index (χ1) is 19.2. The number of nitrogens with zero attached hydrogens (tertiary/aromatic N) is 3. The highest BCUT2D eigenvalue weighted by Gasteiger charge is 2.34. The minimum Gasteiger partial charge on any atom is -0.457 e. The fourth-order valence-electron chi connectivity index (χ4n) is 4.94. The molecular formula is C30H38N4O6. The first-order valence-corrected chi connectivity index (χ1v) is 13.7. The van der Waals surface area contributed by atoms with E-state index in [4.69, 9.17) is 9.47 Å². The summed E-state index contributed by atoms with van der Waals surface area (Å²) in [4.78, 5) is 55.8. The van der Waals surface area contributed by atoms with E-state index in [0.717, 1.165) is 11.1 Å². The van der Waals surface area contributed by atoms with Gasteiger partial charge < -0.3 is 29.5 Å². The lowest BCUT2D eigenvalue weighted by Gasteiger charge is -2.39. The Morgan fingerprint density at radius 2 is 1.73 bits per heavy atom. The Morgan fingerprint density at radius 1 is 1.02 bits per heavy atom. The zero-order chi connectivity index (χ0) is 28.6. The van der Waals surface area contributed by atoms with Crippen LogP contribution in [0.2, 0.25) is 0 Å². The van der Waals surface area contributed by atoms with Gasteiger partial charge in [-0.15, -0.1) is 0 Å². The van der Waals surface area contributed by atoms with Crippen LogP contribution >= 0.6 is 0 Å². The van der Waals surface area contributed by atoms with Gasteiger partial charge in [0.05, 0.1) is 31.7 Å². The SMILES string of the molecule is CCN1CC(=O)N[C@H]2CN(C(=O)CCC(=O)N(C)C)CC[C@@H]2OCc2cccc(c2)Oc2cccc(c2)CC1=O. The van der Waals surface area contributed by atoms with Crippen molar-refractivity contribution in [3.8, 4) is 11.5 Å². The fraction of sp³-hybridized carbons (Fsp3) is 0.467. The van der Waals surface area contributed by atoms with Gasteiger partial charge in [-0.2, -0.15) is 0 Å². The predicted molar refractivity (Wildman–Crippen MR) is 149 cm³/mol. The number of hydrogen-bond donors (Lipinski definition) is 1. The summed E-state index contributed by atoms with van der Waals surface area (Å²) in [7, 11) is 3.32. The molecule has 0 aliphatic carbocycles. The van der Waals surface area contributed by atoms with E-state index in [9.17, 15) is 19.2 Å². The summed E-state index contributed by atoms with van der Waals surface area (Å²) in [6.45, 7) is 3.15. The van der Waals surface area contributed by atoms with Crippen molar-refractivity contribution in [1.82, 2.24) is 20.0 Å². The lowest BCUT2D eigenvalue weighted by Crippen LogP contribution is -2.58. The Hall–Kier alpha value is -3.92. The van der Waals surface area contributed by atoms with Crippen LogP contribution in [0, 0.1) is 0 Å². The van der Waals surface area contributed by atoms with Gasteiger partial charge in [0.25, 0.3) is 0 Å². The van der Waals surface area contributed by atoms with Crippen molar-refractivity contribution in [2.75, 3.05) is 40.3 Å². The van der Waals surface area contributed by atoms with E-state index in [1.807, 2.05) is 55.5 Å². The molecule has 0 aromatic heterocycles. The number of amides is 4. The second-order valence-electron chi connectivity index (χ2n) is 10.4. The minimum atomic E-state index is -0.464. The molecule has 2 aromatic carbocycles. The number of nitrogens with one attached hydrogen (secondary N) is 1. The van der Waals surface area contributed by atoms with Gasteiger partial charge in [-0.3, -0.25) is 19.2 Å². The molecule has 40 heavy (non-hydrogen) atoms. The van der Waals surface area contributed by atoms with Crippen molar-refractivity contribution in [2.45, 2.75) is 51.4 Å². The van der Waals surface area contributed by atoms with Crippen LogP contribution < -0.4 is 10.1 Å². The topological polar surface area (TPSA) is 108 Å². The van der Waals surface area contributed by atoms with Gasteiger partial charge in [0, 0.05) is 46.6 Å². The number of hydrogen-bond acceptors (Lipinski definition) is 6. The Labute approximate surface area is 235 Å². The molecule has 10 nitrogen and oxygen atoms in total. The first kappa shape index (κ1) is 29.1. The lowest BCUT2D eigenvalue weighted by molar-refractivity contribution is -0.140. The molecule has 0 radical (unpaired) electrons. The zero-order valence-corrected chi connectivity index (χ0v) is 23.4. The van der Waals surface area contributed by atoms with Gasteiger partial charge in [0.2, 0.25) is 23.6 Å². The molecule has 1 fully saturated rings. The maximum atomic E-state index is 13.2. The molecule has 2 heterocycles. The fourth-order valence-corrected chi connectivity index (χ4v) is 4.94. The molecule has 4 bridgehead atoms. The number of rotatable bonds is 4. The number of ether oxygens (including phenoxy) is 2. The van der Waals surface area contributed by atoms with Crippen molar-refractivity contribution in [3.63, 3.8) is 0 Å². The summed E-state index contributed by atoms with van der Waals surface area (Å²) in [5.41, 5.74) is 1.70. The lowest BCUT2D eigenvalue weighted by atomic mass is 10.0. The van der Waals surface area contributed by atoms with E-state index in [0.29, 0.717) is 37.6 Å². The third-order valence-corrected chi connectivity index (χ3v) is 7.22. The van der Waals surface area contributed by atoms with E-state index < -0.39 is 6.04 Å². The molecule has 1 saturated heterocycles. The third-order valence-electron chi connectivity index (χ3n) is 7.22. The van der Waals surface area contributed by atoms with Gasteiger partial charge in [-0.25, -0.2) is 0 Å². The van der Waals surface area contributed by atoms with Crippen molar-refractivity contribution >= 4 is 23.6 Å². The van der Waals surface area contributed by atoms with Crippen molar-refractivity contribution in [1.29, 1.82) is 0 Å². The summed E-state index contributed by atoms with van der Waals surface area (Å²) < 4.78 is 12.4. The van der Waals surface area contributed by atoms with E-state index >= 15 is 0 Å². The average Bonchev–Trinajstić information content (AvgIpc) is 2.93. The number of benzene rings is 2. The summed E-state index contributed by atoms with van der Waals surface area (Å²) >= 11 is 0. The summed E-state index contributed by atoms with van der Waals surface area (Å²) in [5, 5.41) is 3.03. The number of likely N-dealkylation sites (tertiary alicyclic amines) is 1. The standard InChI is InChI=1S/C30H38N4O6/c1-4-33-19-27(35)31-25-18-34(29(37)12-11-28(36)32(2)3)14-13-26(25)39-20-22-8-6-10-24(16-22)40-23-9-5-7-21(15-23)17-30(33)38/h5-10,15-16,25-26H,4,11-14,17-20H2,1-3H3,(H,31,35)/t25-,26-/m0/s1. The second-order valence-corrected chi connectivity index (χ2v) is 10.4. The predicted octanol–water partition coefficient (Wildman–Crippen LogP) is 2.35. The van der Waals surface area contributed by atoms with Crippen LogP contribution in [0.1, 0.15) is 37.3 Å². The zero-order valence-electron chi connectivity index (χ0n) is 23.4. The summed E-state index contributed by atoms with van der Waals surface area (Å²) in [6, 6.07) is 14.5. The molecule has 214 valence electrons. The molecular weight excluding hydrogens is 512 g/mol. The molecule has 2 aromatic rings. The van der Waals surface area contributed by atoms with Crippen LogP contribution in [0.25, 0.3) is 0 Å². The first-order valence-electron chi connectivity index (χ1n) is 13.7. The van der Waals surface area contributed by atoms with Crippen LogP contribution in [0.4, 0.5) is 0 Å². The third kappa shape index (κ3) is 7.81. The maximum absolute atomic E-state index is 13.2. The Bertz CT molecular complexity index is 1230. The van der Waals surface area contributed by atoms with Crippen LogP contribution in [-0.2, 0) is 36.9 Å². The van der Waals surface area contributed by atoms with Crippen LogP contribution in [0.5, 0.6) is 11.5 Å². The van der Waals surface area contributed by atoms with Crippen molar-refractivity contribution < 1.29 is 28.7 Å². The number of carbonyl (C=O) groups excluding carboxylic acids is 4. The number of likely N-dealkylation sites (N-methyl/N-ethyl adjacent to an activating group) is 1. The number of fused-ring (bicyclic) bond motifs is 5. The van der Waals surface area contributed by atoms with E-state index in [1.165, 1.54) is 9.80 Å². The smallest absolute Gasteiger partial charge is 0.239 e. The highest BCUT2D eigenvalue weighted by Crippen LogP contribution is 2.25. The van der Waals surface area contributed by atoms with Crippen LogP contribution in [0.15, 0.2) is 48.5 Å². The van der Waals surface area contributed by atoms with Gasteiger partial charge in [0.15, 0.2) is 0 Å². The van der Waals surface area contributed by atoms with Gasteiger partial charge in [-0.05, 0) is 48.7 Å². The highest BCUT2D eigenvalue weighted by molar-refractivity contribution is 5.86. The molecule has 4 amide bonds. The van der Waals surface area contributed by atoms with Crippen LogP contribution in [0.3, 0.4) is 0 Å². The molecule has 4 rings (SSSR count). The largest absolute Gasteiger partial charge is 0.457 e. The van der Waals surface area contributed by atoms with Gasteiger partial charge >= 0.3 is 0 Å². The monoisotopic (exact) mass is 550 g/mol. The minimum absolute atomic E-state index is 0.0964. The number of carbonyl (C=O) groups is 4. The van der Waals surface area contributed by atoms with E-state index in [2.05, 4.69) is 5.32 Å². The van der Waals surface area contributed by atoms with Crippen molar-refractivity contribution in [2.24, 2.45) is 0 Å². The van der Waals surface area contributed by atoms with Gasteiger partial charge in [0.1, 0.15) is 11.5 Å². The highest BCUT2D eigenvalue weighted by atomic mass is 16.5. The molecule has 2 atom stereocenters. The molecule has 10 heteroatoms. The molecule has 0 saturated carbocycles. The molecule has 0 unspecified atom stereocenters. The quantitative estimate of drug-likeness (QED) is 0.626. The Morgan fingerprint density at radius 3 is 2.42 bits per heavy atom.